The predicted molar refractivity (Wildman–Crippen MR) is 119 cm³/mol. The lowest BCUT2D eigenvalue weighted by Crippen LogP contribution is -2.19. The zero-order chi connectivity index (χ0) is 20.5. The summed E-state index contributed by atoms with van der Waals surface area (Å²) in [4.78, 5) is 15.9. The lowest BCUT2D eigenvalue weighted by molar-refractivity contribution is 0.860. The standard InChI is InChI=1S/C20H21N9S/c1-13-11-16(28-9-5-6-10-28)25-18(21-2)17(13)26-27-19-22-12-23-29(19)20-24-14-7-3-4-8-15(14)30-20/h3-4,7-8,11-12H,5-6,9-10H2,1-2H3,(H,21,25)/b27-26+. The second-order valence-corrected chi connectivity index (χ2v) is 8.08. The quantitative estimate of drug-likeness (QED) is 0.474. The first-order chi connectivity index (χ1) is 14.7. The SMILES string of the molecule is CNc1nc(N2CCCC2)cc(C)c1/N=N/c1ncnn1-c1nc2ccccc2s1. The maximum atomic E-state index is 4.75. The number of aryl methyl sites for hydroxylation is 1. The molecule has 1 N–H and O–H groups in total. The van der Waals surface area contributed by atoms with Crippen LogP contribution in [0.1, 0.15) is 18.4 Å². The number of benzene rings is 1. The molecule has 1 fully saturated rings. The highest BCUT2D eigenvalue weighted by molar-refractivity contribution is 7.20. The summed E-state index contributed by atoms with van der Waals surface area (Å²) in [6.07, 6.45) is 3.87. The van der Waals surface area contributed by atoms with Crippen LogP contribution in [0.3, 0.4) is 0 Å². The summed E-state index contributed by atoms with van der Waals surface area (Å²) >= 11 is 1.54. The third-order valence-corrected chi connectivity index (χ3v) is 6.08. The van der Waals surface area contributed by atoms with Crippen LogP contribution in [0.15, 0.2) is 46.9 Å². The Labute approximate surface area is 177 Å². The molecular weight excluding hydrogens is 398 g/mol. The Morgan fingerprint density at radius 1 is 1.10 bits per heavy atom. The summed E-state index contributed by atoms with van der Waals surface area (Å²) in [5, 5.41) is 17.0. The molecule has 1 aliphatic rings. The molecule has 1 aliphatic heterocycles. The normalized spacial score (nSPS) is 14.3. The van der Waals surface area contributed by atoms with Gasteiger partial charge >= 0.3 is 0 Å². The zero-order valence-electron chi connectivity index (χ0n) is 16.8. The van der Waals surface area contributed by atoms with Crippen molar-refractivity contribution in [3.63, 3.8) is 0 Å². The maximum Gasteiger partial charge on any atom is 0.274 e. The molecule has 0 radical (unpaired) electrons. The van der Waals surface area contributed by atoms with Crippen molar-refractivity contribution in [2.45, 2.75) is 19.8 Å². The van der Waals surface area contributed by atoms with Gasteiger partial charge in [-0.2, -0.15) is 14.8 Å². The number of pyridine rings is 1. The number of hydrogen-bond donors (Lipinski definition) is 1. The summed E-state index contributed by atoms with van der Waals surface area (Å²) in [7, 11) is 1.85. The summed E-state index contributed by atoms with van der Waals surface area (Å²) in [5.74, 6) is 2.05. The van der Waals surface area contributed by atoms with E-state index in [-0.39, 0.29) is 0 Å². The van der Waals surface area contributed by atoms with Crippen LogP contribution in [-0.2, 0) is 0 Å². The van der Waals surface area contributed by atoms with E-state index < -0.39 is 0 Å². The third-order valence-electron chi connectivity index (χ3n) is 5.07. The molecule has 30 heavy (non-hydrogen) atoms. The van der Waals surface area contributed by atoms with E-state index in [4.69, 9.17) is 4.98 Å². The van der Waals surface area contributed by atoms with Gasteiger partial charge < -0.3 is 10.2 Å². The number of nitrogens with one attached hydrogen (secondary N) is 1. The van der Waals surface area contributed by atoms with Crippen molar-refractivity contribution in [2.24, 2.45) is 10.2 Å². The molecule has 9 nitrogen and oxygen atoms in total. The van der Waals surface area contributed by atoms with Gasteiger partial charge in [0.05, 0.1) is 10.2 Å². The highest BCUT2D eigenvalue weighted by atomic mass is 32.1. The highest BCUT2D eigenvalue weighted by Crippen LogP contribution is 2.33. The Bertz CT molecular complexity index is 1190. The second-order valence-electron chi connectivity index (χ2n) is 7.07. The number of thiazole rings is 1. The first-order valence-electron chi connectivity index (χ1n) is 9.85. The van der Waals surface area contributed by atoms with Crippen LogP contribution < -0.4 is 10.2 Å². The lowest BCUT2D eigenvalue weighted by Gasteiger charge is -2.18. The number of hydrogen-bond acceptors (Lipinski definition) is 9. The fraction of sp³-hybridized carbons (Fsp3) is 0.300. The number of aromatic nitrogens is 5. The molecular formula is C20H21N9S. The molecule has 1 aromatic carbocycles. The van der Waals surface area contributed by atoms with Gasteiger partial charge in [-0.3, -0.25) is 0 Å². The molecule has 4 aromatic rings. The first-order valence-corrected chi connectivity index (χ1v) is 10.7. The molecule has 4 heterocycles. The largest absolute Gasteiger partial charge is 0.371 e. The molecule has 10 heteroatoms. The van der Waals surface area contributed by atoms with Gasteiger partial charge in [0, 0.05) is 20.1 Å². The Balaban J connectivity index is 1.48. The summed E-state index contributed by atoms with van der Waals surface area (Å²) in [5.41, 5.74) is 2.62. The predicted octanol–water partition coefficient (Wildman–Crippen LogP) is 4.64. The van der Waals surface area contributed by atoms with Crippen molar-refractivity contribution in [1.82, 2.24) is 24.7 Å². The molecule has 0 bridgehead atoms. The summed E-state index contributed by atoms with van der Waals surface area (Å²) in [6, 6.07) is 10.0. The van der Waals surface area contributed by atoms with Crippen LogP contribution in [-0.4, -0.2) is 44.9 Å². The molecule has 1 saturated heterocycles. The van der Waals surface area contributed by atoms with Crippen molar-refractivity contribution in [2.75, 3.05) is 30.4 Å². The van der Waals surface area contributed by atoms with Gasteiger partial charge in [0.15, 0.2) is 5.82 Å². The Morgan fingerprint density at radius 2 is 1.93 bits per heavy atom. The number of nitrogens with zero attached hydrogens (tertiary/aromatic N) is 8. The van der Waals surface area contributed by atoms with E-state index in [0.717, 1.165) is 34.7 Å². The van der Waals surface area contributed by atoms with E-state index in [9.17, 15) is 0 Å². The molecule has 0 atom stereocenters. The van der Waals surface area contributed by atoms with Gasteiger partial charge in [-0.15, -0.1) is 10.2 Å². The number of rotatable bonds is 5. The fourth-order valence-corrected chi connectivity index (χ4v) is 4.46. The molecule has 5 rings (SSSR count). The minimum atomic E-state index is 0.374. The zero-order valence-corrected chi connectivity index (χ0v) is 17.6. The molecule has 0 unspecified atom stereocenters. The van der Waals surface area contributed by atoms with Crippen molar-refractivity contribution in [1.29, 1.82) is 0 Å². The van der Waals surface area contributed by atoms with Crippen LogP contribution in [0, 0.1) is 6.92 Å². The number of anilines is 2. The average Bonchev–Trinajstić information content (AvgIpc) is 3.52. The van der Waals surface area contributed by atoms with Crippen LogP contribution in [0.25, 0.3) is 15.3 Å². The van der Waals surface area contributed by atoms with Crippen LogP contribution in [0.2, 0.25) is 0 Å². The maximum absolute atomic E-state index is 4.75. The van der Waals surface area contributed by atoms with Gasteiger partial charge in [-0.1, -0.05) is 23.5 Å². The lowest BCUT2D eigenvalue weighted by atomic mass is 10.2. The third kappa shape index (κ3) is 3.39. The molecule has 0 amide bonds. The minimum absolute atomic E-state index is 0.374. The van der Waals surface area contributed by atoms with Crippen molar-refractivity contribution in [3.05, 3.63) is 42.2 Å². The van der Waals surface area contributed by atoms with Crippen LogP contribution in [0.5, 0.6) is 0 Å². The van der Waals surface area contributed by atoms with Gasteiger partial charge in [-0.25, -0.2) is 9.97 Å². The Kier molecular flexibility index (Phi) is 4.83. The molecule has 3 aromatic heterocycles. The van der Waals surface area contributed by atoms with Crippen molar-refractivity contribution >= 4 is 44.8 Å². The summed E-state index contributed by atoms with van der Waals surface area (Å²) in [6.45, 7) is 4.11. The van der Waals surface area contributed by atoms with Gasteiger partial charge in [0.25, 0.3) is 5.95 Å². The fourth-order valence-electron chi connectivity index (χ4n) is 3.54. The van der Waals surface area contributed by atoms with E-state index in [1.807, 2.05) is 38.2 Å². The number of fused-ring (bicyclic) bond motifs is 1. The minimum Gasteiger partial charge on any atom is -0.371 e. The molecule has 0 aliphatic carbocycles. The topological polar surface area (TPSA) is 96.5 Å². The van der Waals surface area contributed by atoms with Crippen molar-refractivity contribution in [3.8, 4) is 5.13 Å². The highest BCUT2D eigenvalue weighted by Gasteiger charge is 2.18. The van der Waals surface area contributed by atoms with Crippen LogP contribution >= 0.6 is 11.3 Å². The van der Waals surface area contributed by atoms with Gasteiger partial charge in [-0.05, 0) is 43.5 Å². The Hall–Kier alpha value is -3.40. The smallest absolute Gasteiger partial charge is 0.274 e. The molecule has 0 saturated carbocycles. The van der Waals surface area contributed by atoms with E-state index in [2.05, 4.69) is 41.6 Å². The number of para-hydroxylation sites is 1. The van der Waals surface area contributed by atoms with Crippen LogP contribution in [0.4, 0.5) is 23.3 Å². The van der Waals surface area contributed by atoms with E-state index in [0.29, 0.717) is 22.6 Å². The second kappa shape index (κ2) is 7.79. The first kappa shape index (κ1) is 18.6. The molecule has 0 spiro atoms. The van der Waals surface area contributed by atoms with Crippen molar-refractivity contribution < 1.29 is 0 Å². The van der Waals surface area contributed by atoms with Gasteiger partial charge in [0.1, 0.15) is 17.8 Å². The average molecular weight is 420 g/mol. The molecule has 152 valence electrons. The van der Waals surface area contributed by atoms with Gasteiger partial charge in [0.2, 0.25) is 5.13 Å². The monoisotopic (exact) mass is 419 g/mol. The number of azo groups is 1. The van der Waals surface area contributed by atoms with E-state index in [1.165, 1.54) is 30.5 Å². The summed E-state index contributed by atoms with van der Waals surface area (Å²) < 4.78 is 2.69. The van der Waals surface area contributed by atoms with E-state index >= 15 is 0 Å². The Morgan fingerprint density at radius 3 is 2.73 bits per heavy atom. The van der Waals surface area contributed by atoms with E-state index in [1.54, 1.807) is 4.68 Å².